The Morgan fingerprint density at radius 2 is 1.70 bits per heavy atom. The summed E-state index contributed by atoms with van der Waals surface area (Å²) in [5.41, 5.74) is 4.64. The van der Waals surface area contributed by atoms with Crippen LogP contribution >= 0.6 is 15.9 Å². The molecule has 0 bridgehead atoms. The van der Waals surface area contributed by atoms with Crippen molar-refractivity contribution in [2.45, 2.75) is 13.8 Å². The van der Waals surface area contributed by atoms with E-state index in [1.807, 2.05) is 49.4 Å². The number of fused-ring (bicyclic) bond motifs is 1. The second-order valence-corrected chi connectivity index (χ2v) is 8.01. The molecular weight excluding hydrogens is 442 g/mol. The van der Waals surface area contributed by atoms with Crippen LogP contribution in [0.5, 0.6) is 11.5 Å². The number of para-hydroxylation sites is 1. The minimum Gasteiger partial charge on any atom is -0.496 e. The van der Waals surface area contributed by atoms with Crippen molar-refractivity contribution in [1.29, 1.82) is 0 Å². The van der Waals surface area contributed by atoms with Crippen LogP contribution in [0, 0.1) is 13.8 Å². The van der Waals surface area contributed by atoms with Crippen LogP contribution in [0.1, 0.15) is 21.6 Å². The Morgan fingerprint density at radius 3 is 2.37 bits per heavy atom. The molecule has 4 rings (SSSR count). The van der Waals surface area contributed by atoms with Gasteiger partial charge in [-0.3, -0.25) is 4.79 Å². The Balaban J connectivity index is 1.84. The number of nitrogens with zero attached hydrogens (tertiary/aromatic N) is 1. The summed E-state index contributed by atoms with van der Waals surface area (Å²) in [5, 5.41) is 0.842. The number of carbonyl (C=O) groups excluding carboxylic acids is 1. The standard InChI is InChI=1S/C25H22BrNO3/c1-16-9-11-18(12-10-16)27-17(2)25(20-13-24(29-3)21(26)14-22(20)27)23(28)15-30-19-7-5-4-6-8-19/h4-14H,15H2,1-3H3. The molecule has 0 spiro atoms. The second kappa shape index (κ2) is 8.36. The van der Waals surface area contributed by atoms with Crippen molar-refractivity contribution in [3.63, 3.8) is 0 Å². The number of methoxy groups -OCH3 is 1. The summed E-state index contributed by atoms with van der Waals surface area (Å²) in [5.74, 6) is 1.28. The maximum atomic E-state index is 13.2. The Kier molecular flexibility index (Phi) is 5.64. The lowest BCUT2D eigenvalue weighted by Gasteiger charge is -2.10. The molecule has 4 aromatic rings. The van der Waals surface area contributed by atoms with Gasteiger partial charge in [-0.1, -0.05) is 35.9 Å². The van der Waals surface area contributed by atoms with E-state index in [1.54, 1.807) is 7.11 Å². The fourth-order valence-corrected chi connectivity index (χ4v) is 4.18. The van der Waals surface area contributed by atoms with E-state index in [1.165, 1.54) is 5.56 Å². The van der Waals surface area contributed by atoms with Crippen LogP contribution in [0.2, 0.25) is 0 Å². The first-order valence-electron chi connectivity index (χ1n) is 9.66. The predicted octanol–water partition coefficient (Wildman–Crippen LogP) is 6.28. The summed E-state index contributed by atoms with van der Waals surface area (Å²) in [6.07, 6.45) is 0. The summed E-state index contributed by atoms with van der Waals surface area (Å²) in [4.78, 5) is 13.2. The lowest BCUT2D eigenvalue weighted by Crippen LogP contribution is -2.13. The molecule has 0 saturated carbocycles. The van der Waals surface area contributed by atoms with Gasteiger partial charge in [-0.05, 0) is 66.2 Å². The number of rotatable bonds is 6. The number of aromatic nitrogens is 1. The molecule has 5 heteroatoms. The zero-order valence-electron chi connectivity index (χ0n) is 17.1. The van der Waals surface area contributed by atoms with Gasteiger partial charge < -0.3 is 14.0 Å². The first-order chi connectivity index (χ1) is 14.5. The number of ketones is 1. The summed E-state index contributed by atoms with van der Waals surface area (Å²) in [6.45, 7) is 3.99. The zero-order valence-corrected chi connectivity index (χ0v) is 18.7. The molecule has 1 aromatic heterocycles. The van der Waals surface area contributed by atoms with Gasteiger partial charge in [0, 0.05) is 16.8 Å². The van der Waals surface area contributed by atoms with Crippen LogP contribution in [0.3, 0.4) is 0 Å². The van der Waals surface area contributed by atoms with Gasteiger partial charge in [0.05, 0.1) is 22.7 Å². The molecule has 0 N–H and O–H groups in total. The van der Waals surface area contributed by atoms with E-state index in [0.29, 0.717) is 17.1 Å². The fourth-order valence-electron chi connectivity index (χ4n) is 3.69. The van der Waals surface area contributed by atoms with Gasteiger partial charge in [0.25, 0.3) is 0 Å². The first-order valence-corrected chi connectivity index (χ1v) is 10.5. The van der Waals surface area contributed by atoms with Crippen molar-refractivity contribution in [2.24, 2.45) is 0 Å². The fraction of sp³-hybridized carbons (Fsp3) is 0.160. The Hall–Kier alpha value is -3.05. The lowest BCUT2D eigenvalue weighted by atomic mass is 10.1. The summed E-state index contributed by atoms with van der Waals surface area (Å²) >= 11 is 3.58. The van der Waals surface area contributed by atoms with Crippen LogP contribution in [-0.2, 0) is 0 Å². The van der Waals surface area contributed by atoms with E-state index in [4.69, 9.17) is 9.47 Å². The van der Waals surface area contributed by atoms with Gasteiger partial charge in [0.15, 0.2) is 6.61 Å². The highest BCUT2D eigenvalue weighted by Crippen LogP contribution is 2.37. The average molecular weight is 464 g/mol. The van der Waals surface area contributed by atoms with Crippen molar-refractivity contribution < 1.29 is 14.3 Å². The van der Waals surface area contributed by atoms with Gasteiger partial charge in [-0.2, -0.15) is 0 Å². The van der Waals surface area contributed by atoms with Gasteiger partial charge >= 0.3 is 0 Å². The van der Waals surface area contributed by atoms with Gasteiger partial charge in [-0.25, -0.2) is 0 Å². The summed E-state index contributed by atoms with van der Waals surface area (Å²) in [6, 6.07) is 21.5. The van der Waals surface area contributed by atoms with E-state index in [-0.39, 0.29) is 12.4 Å². The van der Waals surface area contributed by atoms with Crippen LogP contribution in [0.4, 0.5) is 0 Å². The van der Waals surface area contributed by atoms with Crippen molar-refractivity contribution >= 4 is 32.6 Å². The number of hydrogen-bond donors (Lipinski definition) is 0. The maximum Gasteiger partial charge on any atom is 0.202 e. The number of ether oxygens (including phenoxy) is 2. The van der Waals surface area contributed by atoms with Crippen molar-refractivity contribution in [3.05, 3.63) is 88.0 Å². The Bertz CT molecular complexity index is 1210. The van der Waals surface area contributed by atoms with E-state index < -0.39 is 0 Å². The van der Waals surface area contributed by atoms with Crippen molar-refractivity contribution in [3.8, 4) is 17.2 Å². The topological polar surface area (TPSA) is 40.5 Å². The van der Waals surface area contributed by atoms with Gasteiger partial charge in [0.1, 0.15) is 11.5 Å². The number of aryl methyl sites for hydroxylation is 1. The number of Topliss-reactive ketones (excluding diaryl/α,β-unsaturated/α-hetero) is 1. The SMILES string of the molecule is COc1cc2c(C(=O)COc3ccccc3)c(C)n(-c3ccc(C)cc3)c2cc1Br. The molecule has 4 nitrogen and oxygen atoms in total. The Labute approximate surface area is 184 Å². The smallest absolute Gasteiger partial charge is 0.202 e. The number of carbonyl (C=O) groups is 1. The third-order valence-corrected chi connectivity index (χ3v) is 5.78. The quantitative estimate of drug-likeness (QED) is 0.316. The maximum absolute atomic E-state index is 13.2. The molecule has 0 amide bonds. The minimum atomic E-state index is -0.0726. The van der Waals surface area contributed by atoms with Crippen LogP contribution in [0.15, 0.2) is 71.2 Å². The average Bonchev–Trinajstić information content (AvgIpc) is 3.03. The molecule has 0 saturated heterocycles. The molecule has 0 fully saturated rings. The molecule has 1 heterocycles. The normalized spacial score (nSPS) is 10.9. The third-order valence-electron chi connectivity index (χ3n) is 5.16. The molecule has 0 unspecified atom stereocenters. The number of hydrogen-bond acceptors (Lipinski definition) is 3. The molecule has 0 aliphatic rings. The lowest BCUT2D eigenvalue weighted by molar-refractivity contribution is 0.0922. The minimum absolute atomic E-state index is 0.0315. The zero-order chi connectivity index (χ0) is 21.3. The van der Waals surface area contributed by atoms with E-state index in [2.05, 4.69) is 51.7 Å². The summed E-state index contributed by atoms with van der Waals surface area (Å²) in [7, 11) is 1.62. The molecule has 3 aromatic carbocycles. The van der Waals surface area contributed by atoms with Crippen molar-refractivity contribution in [1.82, 2.24) is 4.57 Å². The molecular formula is C25H22BrNO3. The molecule has 30 heavy (non-hydrogen) atoms. The summed E-state index contributed by atoms with van der Waals surface area (Å²) < 4.78 is 14.2. The molecule has 0 radical (unpaired) electrons. The molecule has 152 valence electrons. The number of halogens is 1. The van der Waals surface area contributed by atoms with E-state index in [9.17, 15) is 4.79 Å². The van der Waals surface area contributed by atoms with Crippen LogP contribution in [-0.4, -0.2) is 24.1 Å². The van der Waals surface area contributed by atoms with E-state index in [0.717, 1.165) is 26.8 Å². The molecule has 0 aliphatic carbocycles. The largest absolute Gasteiger partial charge is 0.496 e. The number of benzene rings is 3. The Morgan fingerprint density at radius 1 is 1.00 bits per heavy atom. The highest BCUT2D eigenvalue weighted by molar-refractivity contribution is 9.10. The monoisotopic (exact) mass is 463 g/mol. The van der Waals surface area contributed by atoms with Gasteiger partial charge in [0.2, 0.25) is 5.78 Å². The first kappa shape index (κ1) is 20.2. The van der Waals surface area contributed by atoms with Crippen LogP contribution < -0.4 is 9.47 Å². The highest BCUT2D eigenvalue weighted by atomic mass is 79.9. The van der Waals surface area contributed by atoms with Crippen molar-refractivity contribution in [2.75, 3.05) is 13.7 Å². The van der Waals surface area contributed by atoms with Gasteiger partial charge in [-0.15, -0.1) is 0 Å². The third kappa shape index (κ3) is 3.73. The van der Waals surface area contributed by atoms with E-state index >= 15 is 0 Å². The molecule has 0 atom stereocenters. The highest BCUT2D eigenvalue weighted by Gasteiger charge is 2.23. The predicted molar refractivity (Wildman–Crippen MR) is 123 cm³/mol. The second-order valence-electron chi connectivity index (χ2n) is 7.16. The molecule has 0 aliphatic heterocycles. The van der Waals surface area contributed by atoms with Crippen LogP contribution in [0.25, 0.3) is 16.6 Å².